The van der Waals surface area contributed by atoms with E-state index in [0.717, 1.165) is 58.5 Å². The number of aliphatic hydroxyl groups excluding tert-OH is 1. The molecule has 2 N–H and O–H groups in total. The van der Waals surface area contributed by atoms with Gasteiger partial charge >= 0.3 is 0 Å². The molecule has 4 nitrogen and oxygen atoms in total. The van der Waals surface area contributed by atoms with Gasteiger partial charge in [0.2, 0.25) is 0 Å². The maximum atomic E-state index is 8.91. The Morgan fingerprint density at radius 3 is 2.83 bits per heavy atom. The summed E-state index contributed by atoms with van der Waals surface area (Å²) in [6.07, 6.45) is 5.18. The molecule has 2 heterocycles. The molecule has 0 aromatic rings. The van der Waals surface area contributed by atoms with Gasteiger partial charge in [-0.15, -0.1) is 0 Å². The van der Waals surface area contributed by atoms with E-state index in [9.17, 15) is 0 Å². The van der Waals surface area contributed by atoms with Gasteiger partial charge in [-0.25, -0.2) is 0 Å². The minimum Gasteiger partial charge on any atom is -0.396 e. The van der Waals surface area contributed by atoms with Gasteiger partial charge in [-0.2, -0.15) is 0 Å². The summed E-state index contributed by atoms with van der Waals surface area (Å²) in [6.45, 7) is 6.02. The highest BCUT2D eigenvalue weighted by atomic mass is 16.5. The normalized spacial score (nSPS) is 29.3. The largest absolute Gasteiger partial charge is 0.396 e. The summed E-state index contributed by atoms with van der Waals surface area (Å²) in [4.78, 5) is 0. The predicted octanol–water partition coefficient (Wildman–Crippen LogP) is 1.32. The Morgan fingerprint density at radius 2 is 2.11 bits per heavy atom. The van der Waals surface area contributed by atoms with E-state index in [1.165, 1.54) is 0 Å². The molecule has 2 atom stereocenters. The summed E-state index contributed by atoms with van der Waals surface area (Å²) in [5.41, 5.74) is 0.0778. The van der Waals surface area contributed by atoms with Gasteiger partial charge in [0.05, 0.1) is 5.60 Å². The molecule has 18 heavy (non-hydrogen) atoms. The van der Waals surface area contributed by atoms with Crippen LogP contribution in [0, 0.1) is 5.92 Å². The van der Waals surface area contributed by atoms with Crippen molar-refractivity contribution in [3.8, 4) is 0 Å². The highest BCUT2D eigenvalue weighted by Crippen LogP contribution is 2.34. The molecule has 2 rings (SSSR count). The fourth-order valence-corrected chi connectivity index (χ4v) is 2.98. The van der Waals surface area contributed by atoms with Gasteiger partial charge in [0.25, 0.3) is 0 Å². The molecule has 2 unspecified atom stereocenters. The number of rotatable bonds is 5. The molecule has 106 valence electrons. The van der Waals surface area contributed by atoms with Crippen LogP contribution in [0.5, 0.6) is 0 Å². The molecular weight excluding hydrogens is 230 g/mol. The van der Waals surface area contributed by atoms with E-state index < -0.39 is 0 Å². The lowest BCUT2D eigenvalue weighted by molar-refractivity contribution is -0.140. The van der Waals surface area contributed by atoms with Crippen LogP contribution in [0.2, 0.25) is 0 Å². The molecule has 2 fully saturated rings. The second kappa shape index (κ2) is 6.85. The Morgan fingerprint density at radius 1 is 1.33 bits per heavy atom. The molecule has 0 saturated carbocycles. The molecular formula is C14H27NO3. The highest BCUT2D eigenvalue weighted by Gasteiger charge is 2.38. The molecule has 0 bridgehead atoms. The topological polar surface area (TPSA) is 50.7 Å². The van der Waals surface area contributed by atoms with Crippen LogP contribution in [0.4, 0.5) is 0 Å². The fourth-order valence-electron chi connectivity index (χ4n) is 2.98. The molecule has 2 saturated heterocycles. The fraction of sp³-hybridized carbons (Fsp3) is 1.00. The molecule has 0 aromatic heterocycles. The van der Waals surface area contributed by atoms with Gasteiger partial charge in [0.15, 0.2) is 0 Å². The first-order valence-electron chi connectivity index (χ1n) is 7.30. The Kier molecular flexibility index (Phi) is 5.42. The third-order valence-corrected chi connectivity index (χ3v) is 4.27. The Labute approximate surface area is 110 Å². The van der Waals surface area contributed by atoms with E-state index in [-0.39, 0.29) is 12.2 Å². The van der Waals surface area contributed by atoms with Crippen molar-refractivity contribution in [2.24, 2.45) is 5.92 Å². The van der Waals surface area contributed by atoms with Gasteiger partial charge < -0.3 is 19.9 Å². The zero-order chi connectivity index (χ0) is 12.8. The quantitative estimate of drug-likeness (QED) is 0.780. The average molecular weight is 257 g/mol. The maximum absolute atomic E-state index is 8.91. The van der Waals surface area contributed by atoms with Crippen molar-refractivity contribution in [1.29, 1.82) is 0 Å². The van der Waals surface area contributed by atoms with Crippen LogP contribution >= 0.6 is 0 Å². The van der Waals surface area contributed by atoms with E-state index in [2.05, 4.69) is 12.2 Å². The number of aliphatic hydroxyl groups is 1. The van der Waals surface area contributed by atoms with Gasteiger partial charge in [0, 0.05) is 32.5 Å². The predicted molar refractivity (Wildman–Crippen MR) is 70.6 cm³/mol. The zero-order valence-electron chi connectivity index (χ0n) is 11.5. The first kappa shape index (κ1) is 14.3. The summed E-state index contributed by atoms with van der Waals surface area (Å²) in [6, 6.07) is 0.568. The second-order valence-corrected chi connectivity index (χ2v) is 5.86. The highest BCUT2D eigenvalue weighted by molar-refractivity contribution is 4.91. The molecule has 2 aliphatic rings. The van der Waals surface area contributed by atoms with E-state index in [1.807, 2.05) is 0 Å². The number of hydrogen-bond donors (Lipinski definition) is 2. The van der Waals surface area contributed by atoms with E-state index in [0.29, 0.717) is 12.0 Å². The van der Waals surface area contributed by atoms with Crippen molar-refractivity contribution in [2.45, 2.75) is 50.7 Å². The first-order valence-corrected chi connectivity index (χ1v) is 7.30. The van der Waals surface area contributed by atoms with Crippen LogP contribution in [-0.2, 0) is 9.47 Å². The lowest BCUT2D eigenvalue weighted by atomic mass is 9.84. The van der Waals surface area contributed by atoms with Crippen molar-refractivity contribution in [1.82, 2.24) is 5.32 Å². The van der Waals surface area contributed by atoms with Gasteiger partial charge in [-0.05, 0) is 44.6 Å². The summed E-state index contributed by atoms with van der Waals surface area (Å²) in [7, 11) is 0. The number of hydrogen-bond acceptors (Lipinski definition) is 4. The lowest BCUT2D eigenvalue weighted by Gasteiger charge is -2.43. The third kappa shape index (κ3) is 3.92. The molecule has 0 aliphatic carbocycles. The van der Waals surface area contributed by atoms with Crippen LogP contribution in [0.1, 0.15) is 39.0 Å². The molecule has 0 amide bonds. The van der Waals surface area contributed by atoms with Crippen LogP contribution in [-0.4, -0.2) is 49.7 Å². The minimum absolute atomic E-state index is 0.0778. The summed E-state index contributed by atoms with van der Waals surface area (Å²) >= 11 is 0. The molecule has 2 aliphatic heterocycles. The zero-order valence-corrected chi connectivity index (χ0v) is 11.5. The van der Waals surface area contributed by atoms with Crippen molar-refractivity contribution in [2.75, 3.05) is 33.0 Å². The van der Waals surface area contributed by atoms with Gasteiger partial charge in [-0.3, -0.25) is 0 Å². The van der Waals surface area contributed by atoms with Crippen LogP contribution in [0.3, 0.4) is 0 Å². The summed E-state index contributed by atoms with van der Waals surface area (Å²) < 4.78 is 11.5. The van der Waals surface area contributed by atoms with Crippen LogP contribution in [0.15, 0.2) is 0 Å². The smallest absolute Gasteiger partial charge is 0.0741 e. The number of ether oxygens (including phenoxy) is 2. The van der Waals surface area contributed by atoms with E-state index in [1.54, 1.807) is 0 Å². The van der Waals surface area contributed by atoms with Crippen molar-refractivity contribution < 1.29 is 14.6 Å². The van der Waals surface area contributed by atoms with Crippen molar-refractivity contribution in [3.05, 3.63) is 0 Å². The second-order valence-electron chi connectivity index (χ2n) is 5.86. The molecule has 1 spiro atoms. The summed E-state index contributed by atoms with van der Waals surface area (Å²) in [5, 5.41) is 12.6. The van der Waals surface area contributed by atoms with Gasteiger partial charge in [-0.1, -0.05) is 6.92 Å². The first-order chi connectivity index (χ1) is 8.74. The van der Waals surface area contributed by atoms with E-state index in [4.69, 9.17) is 14.6 Å². The Bertz CT molecular complexity index is 236. The monoisotopic (exact) mass is 257 g/mol. The number of nitrogens with one attached hydrogen (secondary N) is 1. The Hall–Kier alpha value is -0.160. The molecule has 4 heteroatoms. The summed E-state index contributed by atoms with van der Waals surface area (Å²) in [5.74, 6) is 0.545. The SMILES string of the molecule is CC(CCO)CNC1CCOC2(CCOCC2)C1. The van der Waals surface area contributed by atoms with Crippen molar-refractivity contribution in [3.63, 3.8) is 0 Å². The molecule has 0 radical (unpaired) electrons. The third-order valence-electron chi connectivity index (χ3n) is 4.27. The minimum atomic E-state index is 0.0778. The lowest BCUT2D eigenvalue weighted by Crippen LogP contribution is -2.50. The molecule has 0 aromatic carbocycles. The van der Waals surface area contributed by atoms with Crippen LogP contribution in [0.25, 0.3) is 0 Å². The van der Waals surface area contributed by atoms with Gasteiger partial charge in [0.1, 0.15) is 0 Å². The van der Waals surface area contributed by atoms with E-state index >= 15 is 0 Å². The van der Waals surface area contributed by atoms with Crippen molar-refractivity contribution >= 4 is 0 Å². The van der Waals surface area contributed by atoms with Crippen LogP contribution < -0.4 is 5.32 Å². The average Bonchev–Trinajstić information content (AvgIpc) is 2.38. The standard InChI is InChI=1S/C14H27NO3/c1-12(2-6-16)11-15-13-3-7-18-14(10-13)4-8-17-9-5-14/h12-13,15-16H,2-11H2,1H3. The maximum Gasteiger partial charge on any atom is 0.0741 e. The Balaban J connectivity index is 1.76.